The van der Waals surface area contributed by atoms with Crippen LogP contribution in [0.2, 0.25) is 0 Å². The number of aromatic amines is 1. The predicted molar refractivity (Wildman–Crippen MR) is 109 cm³/mol. The summed E-state index contributed by atoms with van der Waals surface area (Å²) in [5, 5.41) is 15.2. The highest BCUT2D eigenvalue weighted by atomic mass is 16.3. The highest BCUT2D eigenvalue weighted by Crippen LogP contribution is 2.23. The van der Waals surface area contributed by atoms with Crippen LogP contribution in [0.4, 0.5) is 5.69 Å². The first kappa shape index (κ1) is 18.5. The molecule has 0 atom stereocenters. The molecule has 0 bridgehead atoms. The lowest BCUT2D eigenvalue weighted by atomic mass is 10.1. The summed E-state index contributed by atoms with van der Waals surface area (Å²) in [6, 6.07) is 13.3. The molecule has 2 aromatic carbocycles. The SMILES string of the molecule is CCN(CC)c1ccc(C=NNC(=O)Cc2c[nH]c3ccccc23)c(O)c1. The van der Waals surface area contributed by atoms with Gasteiger partial charge in [-0.3, -0.25) is 4.79 Å². The zero-order valence-electron chi connectivity index (χ0n) is 15.6. The fourth-order valence-electron chi connectivity index (χ4n) is 3.09. The number of H-pyrrole nitrogens is 1. The summed E-state index contributed by atoms with van der Waals surface area (Å²) in [4.78, 5) is 17.4. The van der Waals surface area contributed by atoms with Gasteiger partial charge in [0.05, 0.1) is 12.6 Å². The van der Waals surface area contributed by atoms with Crippen LogP contribution in [0.3, 0.4) is 0 Å². The number of anilines is 1. The number of rotatable bonds is 7. The fourth-order valence-corrected chi connectivity index (χ4v) is 3.09. The number of hydrogen-bond donors (Lipinski definition) is 3. The van der Waals surface area contributed by atoms with Crippen molar-refractivity contribution in [2.24, 2.45) is 5.10 Å². The van der Waals surface area contributed by atoms with Gasteiger partial charge in [0, 0.05) is 47.5 Å². The van der Waals surface area contributed by atoms with Crippen LogP contribution in [0.5, 0.6) is 5.75 Å². The maximum Gasteiger partial charge on any atom is 0.244 e. The lowest BCUT2D eigenvalue weighted by Gasteiger charge is -2.21. The molecule has 0 aliphatic heterocycles. The number of carbonyl (C=O) groups is 1. The average Bonchev–Trinajstić information content (AvgIpc) is 3.07. The molecule has 140 valence electrons. The van der Waals surface area contributed by atoms with Crippen molar-refractivity contribution in [3.05, 3.63) is 59.8 Å². The third kappa shape index (κ3) is 4.28. The van der Waals surface area contributed by atoms with E-state index in [4.69, 9.17) is 0 Å². The molecule has 1 aromatic heterocycles. The number of hydrogen-bond acceptors (Lipinski definition) is 4. The molecule has 1 heterocycles. The zero-order valence-corrected chi connectivity index (χ0v) is 15.6. The summed E-state index contributed by atoms with van der Waals surface area (Å²) in [5.74, 6) is -0.0794. The van der Waals surface area contributed by atoms with Crippen molar-refractivity contribution in [1.29, 1.82) is 0 Å². The Morgan fingerprint density at radius 3 is 2.74 bits per heavy atom. The highest BCUT2D eigenvalue weighted by Gasteiger charge is 2.08. The predicted octanol–water partition coefficient (Wildman–Crippen LogP) is 3.41. The summed E-state index contributed by atoms with van der Waals surface area (Å²) >= 11 is 0. The second-order valence-electron chi connectivity index (χ2n) is 6.24. The molecule has 0 radical (unpaired) electrons. The second kappa shape index (κ2) is 8.40. The third-order valence-corrected chi connectivity index (χ3v) is 4.56. The first-order chi connectivity index (χ1) is 13.1. The molecule has 6 nitrogen and oxygen atoms in total. The third-order valence-electron chi connectivity index (χ3n) is 4.56. The Kier molecular flexibility index (Phi) is 5.76. The van der Waals surface area contributed by atoms with Gasteiger partial charge in [0.2, 0.25) is 5.91 Å². The lowest BCUT2D eigenvalue weighted by molar-refractivity contribution is -0.120. The topological polar surface area (TPSA) is 80.7 Å². The van der Waals surface area contributed by atoms with Crippen LogP contribution < -0.4 is 10.3 Å². The number of hydrazone groups is 1. The molecular weight excluding hydrogens is 340 g/mol. The average molecular weight is 364 g/mol. The number of para-hydroxylation sites is 1. The van der Waals surface area contributed by atoms with Gasteiger partial charge in [-0.05, 0) is 37.6 Å². The number of amides is 1. The van der Waals surface area contributed by atoms with E-state index in [1.165, 1.54) is 6.21 Å². The van der Waals surface area contributed by atoms with Gasteiger partial charge >= 0.3 is 0 Å². The van der Waals surface area contributed by atoms with Gasteiger partial charge in [0.15, 0.2) is 0 Å². The number of nitrogens with one attached hydrogen (secondary N) is 2. The molecule has 6 heteroatoms. The number of phenols is 1. The molecule has 0 unspecified atom stereocenters. The summed E-state index contributed by atoms with van der Waals surface area (Å²) in [5.41, 5.74) is 5.95. The molecule has 0 fully saturated rings. The van der Waals surface area contributed by atoms with Crippen molar-refractivity contribution in [3.8, 4) is 5.75 Å². The molecule has 3 N–H and O–H groups in total. The number of aromatic hydroxyl groups is 1. The largest absolute Gasteiger partial charge is 0.507 e. The Labute approximate surface area is 158 Å². The van der Waals surface area contributed by atoms with Gasteiger partial charge in [-0.15, -0.1) is 0 Å². The number of carbonyl (C=O) groups excluding carboxylic acids is 1. The van der Waals surface area contributed by atoms with Gasteiger partial charge in [-0.1, -0.05) is 18.2 Å². The Hall–Kier alpha value is -3.28. The van der Waals surface area contributed by atoms with E-state index < -0.39 is 0 Å². The lowest BCUT2D eigenvalue weighted by Crippen LogP contribution is -2.21. The van der Waals surface area contributed by atoms with E-state index in [2.05, 4.69) is 34.3 Å². The van der Waals surface area contributed by atoms with E-state index in [0.29, 0.717) is 5.56 Å². The highest BCUT2D eigenvalue weighted by molar-refractivity contribution is 5.90. The summed E-state index contributed by atoms with van der Waals surface area (Å²) < 4.78 is 0. The van der Waals surface area contributed by atoms with Crippen LogP contribution in [0.15, 0.2) is 53.8 Å². The van der Waals surface area contributed by atoms with Crippen molar-refractivity contribution in [3.63, 3.8) is 0 Å². The number of aromatic nitrogens is 1. The number of fused-ring (bicyclic) bond motifs is 1. The van der Waals surface area contributed by atoms with Crippen LogP contribution in [0.25, 0.3) is 10.9 Å². The Morgan fingerprint density at radius 1 is 1.22 bits per heavy atom. The van der Waals surface area contributed by atoms with E-state index in [1.54, 1.807) is 12.1 Å². The number of benzene rings is 2. The molecular formula is C21H24N4O2. The van der Waals surface area contributed by atoms with Crippen molar-refractivity contribution < 1.29 is 9.90 Å². The monoisotopic (exact) mass is 364 g/mol. The number of nitrogens with zero attached hydrogens (tertiary/aromatic N) is 2. The van der Waals surface area contributed by atoms with Gasteiger partial charge < -0.3 is 15.0 Å². The van der Waals surface area contributed by atoms with E-state index in [9.17, 15) is 9.90 Å². The first-order valence-electron chi connectivity index (χ1n) is 9.07. The standard InChI is InChI=1S/C21H24N4O2/c1-3-25(4-2)17-10-9-15(20(26)12-17)14-23-24-21(27)11-16-13-22-19-8-6-5-7-18(16)19/h5-10,12-14,22,26H,3-4,11H2,1-2H3,(H,24,27). The minimum atomic E-state index is -0.213. The molecule has 0 saturated carbocycles. The van der Waals surface area contributed by atoms with Crippen LogP contribution in [-0.2, 0) is 11.2 Å². The van der Waals surface area contributed by atoms with Crippen LogP contribution in [-0.4, -0.2) is 35.3 Å². The molecule has 1 amide bonds. The van der Waals surface area contributed by atoms with E-state index in [0.717, 1.165) is 35.2 Å². The van der Waals surface area contributed by atoms with Gasteiger partial charge in [-0.2, -0.15) is 5.10 Å². The number of phenolic OH excluding ortho intramolecular Hbond substituents is 1. The maximum absolute atomic E-state index is 12.1. The molecule has 3 aromatic rings. The molecule has 0 saturated heterocycles. The normalized spacial score (nSPS) is 11.2. The van der Waals surface area contributed by atoms with E-state index >= 15 is 0 Å². The summed E-state index contributed by atoms with van der Waals surface area (Å²) in [6.45, 7) is 5.87. The fraction of sp³-hybridized carbons (Fsp3) is 0.238. The Morgan fingerprint density at radius 2 is 2.00 bits per heavy atom. The van der Waals surface area contributed by atoms with E-state index in [1.807, 2.05) is 36.5 Å². The molecule has 0 aliphatic rings. The molecule has 0 aliphatic carbocycles. The van der Waals surface area contributed by atoms with Crippen molar-refractivity contribution in [2.75, 3.05) is 18.0 Å². The van der Waals surface area contributed by atoms with Crippen LogP contribution in [0, 0.1) is 0 Å². The maximum atomic E-state index is 12.1. The summed E-state index contributed by atoms with van der Waals surface area (Å²) in [7, 11) is 0. The van der Waals surface area contributed by atoms with Gasteiger partial charge in [0.1, 0.15) is 5.75 Å². The van der Waals surface area contributed by atoms with Crippen molar-refractivity contribution in [2.45, 2.75) is 20.3 Å². The molecule has 0 spiro atoms. The summed E-state index contributed by atoms with van der Waals surface area (Å²) in [6.07, 6.45) is 3.52. The minimum Gasteiger partial charge on any atom is -0.507 e. The van der Waals surface area contributed by atoms with Gasteiger partial charge in [-0.25, -0.2) is 5.43 Å². The van der Waals surface area contributed by atoms with E-state index in [-0.39, 0.29) is 18.1 Å². The Bertz CT molecular complexity index is 958. The zero-order chi connectivity index (χ0) is 19.2. The molecule has 27 heavy (non-hydrogen) atoms. The second-order valence-corrected chi connectivity index (χ2v) is 6.24. The smallest absolute Gasteiger partial charge is 0.244 e. The van der Waals surface area contributed by atoms with Gasteiger partial charge in [0.25, 0.3) is 0 Å². The minimum absolute atomic E-state index is 0.133. The van der Waals surface area contributed by atoms with Crippen LogP contribution in [0.1, 0.15) is 25.0 Å². The van der Waals surface area contributed by atoms with Crippen molar-refractivity contribution >= 4 is 28.7 Å². The van der Waals surface area contributed by atoms with Crippen molar-refractivity contribution in [1.82, 2.24) is 10.4 Å². The van der Waals surface area contributed by atoms with Crippen LogP contribution >= 0.6 is 0 Å². The first-order valence-corrected chi connectivity index (χ1v) is 9.07. The quantitative estimate of drug-likeness (QED) is 0.444. The Balaban J connectivity index is 1.62. The molecule has 3 rings (SSSR count).